The first-order valence-corrected chi connectivity index (χ1v) is 8.38. The summed E-state index contributed by atoms with van der Waals surface area (Å²) < 4.78 is 0. The second-order valence-electron chi connectivity index (χ2n) is 5.97. The predicted octanol–water partition coefficient (Wildman–Crippen LogP) is 5.06. The van der Waals surface area contributed by atoms with Crippen LogP contribution in [0.4, 0.5) is 5.69 Å². The number of hydrogen-bond donors (Lipinski definition) is 1. The molecule has 0 saturated carbocycles. The zero-order valence-corrected chi connectivity index (χ0v) is 14.5. The lowest BCUT2D eigenvalue weighted by Crippen LogP contribution is -2.14. The number of anilines is 1. The minimum absolute atomic E-state index is 0.218. The molecule has 3 heteroatoms. The van der Waals surface area contributed by atoms with Gasteiger partial charge in [-0.3, -0.25) is 9.59 Å². The van der Waals surface area contributed by atoms with E-state index < -0.39 is 0 Å². The molecule has 0 aliphatic carbocycles. The average molecular weight is 341 g/mol. The number of ketones is 2. The van der Waals surface area contributed by atoms with Crippen molar-refractivity contribution in [2.24, 2.45) is 0 Å². The molecule has 0 spiro atoms. The molecule has 3 rings (SSSR count). The SMILES string of the molecule is Cc1ccc(N/C(=C\C(=O)c2ccccc2)C(=O)c2ccccc2)cc1. The molecule has 0 aliphatic rings. The maximum absolute atomic E-state index is 12.9. The van der Waals surface area contributed by atoms with Gasteiger partial charge in [0.15, 0.2) is 5.78 Å². The van der Waals surface area contributed by atoms with E-state index >= 15 is 0 Å². The molecule has 1 N–H and O–H groups in total. The molecule has 26 heavy (non-hydrogen) atoms. The fraction of sp³-hybridized carbons (Fsp3) is 0.0435. The number of carbonyl (C=O) groups excluding carboxylic acids is 2. The monoisotopic (exact) mass is 341 g/mol. The van der Waals surface area contributed by atoms with Gasteiger partial charge in [0.25, 0.3) is 0 Å². The Kier molecular flexibility index (Phi) is 5.40. The lowest BCUT2D eigenvalue weighted by molar-refractivity contribution is 0.101. The van der Waals surface area contributed by atoms with Gasteiger partial charge in [0.1, 0.15) is 0 Å². The highest BCUT2D eigenvalue weighted by Crippen LogP contribution is 2.16. The zero-order valence-electron chi connectivity index (χ0n) is 14.5. The molecular formula is C23H19NO2. The summed E-state index contributed by atoms with van der Waals surface area (Å²) in [7, 11) is 0. The molecule has 0 unspecified atom stereocenters. The average Bonchev–Trinajstić information content (AvgIpc) is 2.70. The van der Waals surface area contributed by atoms with E-state index in [1.807, 2.05) is 43.3 Å². The van der Waals surface area contributed by atoms with E-state index in [-0.39, 0.29) is 17.3 Å². The number of hydrogen-bond acceptors (Lipinski definition) is 3. The topological polar surface area (TPSA) is 46.2 Å². The van der Waals surface area contributed by atoms with Crippen LogP contribution >= 0.6 is 0 Å². The summed E-state index contributed by atoms with van der Waals surface area (Å²) in [6.07, 6.45) is 1.37. The summed E-state index contributed by atoms with van der Waals surface area (Å²) in [6.45, 7) is 1.99. The van der Waals surface area contributed by atoms with Crippen LogP contribution in [0.3, 0.4) is 0 Å². The molecule has 0 saturated heterocycles. The van der Waals surface area contributed by atoms with E-state index in [1.165, 1.54) is 6.08 Å². The Morgan fingerprint density at radius 1 is 0.731 bits per heavy atom. The Hall–Kier alpha value is -3.46. The van der Waals surface area contributed by atoms with Crippen molar-refractivity contribution in [2.75, 3.05) is 5.32 Å². The van der Waals surface area contributed by atoms with Crippen LogP contribution in [-0.2, 0) is 0 Å². The van der Waals surface area contributed by atoms with Crippen LogP contribution in [0, 0.1) is 6.92 Å². The van der Waals surface area contributed by atoms with Gasteiger partial charge in [0.05, 0.1) is 5.70 Å². The first kappa shape index (κ1) is 17.4. The lowest BCUT2D eigenvalue weighted by atomic mass is 10.0. The number of allylic oxidation sites excluding steroid dienone is 2. The number of aryl methyl sites for hydroxylation is 1. The number of benzene rings is 3. The molecule has 3 aromatic rings. The van der Waals surface area contributed by atoms with Crippen molar-refractivity contribution in [3.05, 3.63) is 113 Å². The lowest BCUT2D eigenvalue weighted by Gasteiger charge is -2.11. The normalized spacial score (nSPS) is 11.0. The van der Waals surface area contributed by atoms with Crippen LogP contribution in [0.2, 0.25) is 0 Å². The summed E-state index contributed by atoms with van der Waals surface area (Å²) in [5.74, 6) is -0.444. The van der Waals surface area contributed by atoms with Crippen molar-refractivity contribution in [1.29, 1.82) is 0 Å². The number of carbonyl (C=O) groups is 2. The van der Waals surface area contributed by atoms with Gasteiger partial charge in [0.2, 0.25) is 5.78 Å². The standard InChI is InChI=1S/C23H19NO2/c1-17-12-14-20(15-13-17)24-21(23(26)19-10-6-3-7-11-19)16-22(25)18-8-4-2-5-9-18/h2-16,24H,1H3/b21-16-. The molecule has 0 atom stereocenters. The second kappa shape index (κ2) is 8.08. The van der Waals surface area contributed by atoms with E-state index in [4.69, 9.17) is 0 Å². The maximum atomic E-state index is 12.9. The zero-order chi connectivity index (χ0) is 18.4. The van der Waals surface area contributed by atoms with Gasteiger partial charge in [-0.05, 0) is 19.1 Å². The minimum atomic E-state index is -0.226. The van der Waals surface area contributed by atoms with Crippen LogP contribution in [0.5, 0.6) is 0 Å². The summed E-state index contributed by atoms with van der Waals surface area (Å²) >= 11 is 0. The summed E-state index contributed by atoms with van der Waals surface area (Å²) in [5, 5.41) is 3.10. The molecule has 0 radical (unpaired) electrons. The molecule has 3 aromatic carbocycles. The Morgan fingerprint density at radius 3 is 1.85 bits per heavy atom. The first-order valence-electron chi connectivity index (χ1n) is 8.38. The van der Waals surface area contributed by atoms with Gasteiger partial charge in [-0.15, -0.1) is 0 Å². The highest BCUT2D eigenvalue weighted by molar-refractivity contribution is 6.16. The Bertz CT molecular complexity index is 927. The quantitative estimate of drug-likeness (QED) is 0.504. The third kappa shape index (κ3) is 4.33. The Balaban J connectivity index is 1.95. The minimum Gasteiger partial charge on any atom is -0.352 e. The van der Waals surface area contributed by atoms with Gasteiger partial charge in [-0.25, -0.2) is 0 Å². The largest absolute Gasteiger partial charge is 0.352 e. The van der Waals surface area contributed by atoms with Crippen molar-refractivity contribution in [3.63, 3.8) is 0 Å². The van der Waals surface area contributed by atoms with Crippen LogP contribution < -0.4 is 5.32 Å². The molecule has 0 heterocycles. The summed E-state index contributed by atoms with van der Waals surface area (Å²) in [5.41, 5.74) is 3.19. The Morgan fingerprint density at radius 2 is 1.27 bits per heavy atom. The predicted molar refractivity (Wildman–Crippen MR) is 104 cm³/mol. The molecule has 0 aromatic heterocycles. The van der Waals surface area contributed by atoms with E-state index in [0.717, 1.165) is 11.3 Å². The number of Topliss-reactive ketones (excluding diaryl/α,β-unsaturated/α-hetero) is 1. The molecule has 0 aliphatic heterocycles. The van der Waals surface area contributed by atoms with Crippen molar-refractivity contribution in [1.82, 2.24) is 0 Å². The van der Waals surface area contributed by atoms with Gasteiger partial charge < -0.3 is 5.32 Å². The van der Waals surface area contributed by atoms with E-state index in [2.05, 4.69) is 5.32 Å². The van der Waals surface area contributed by atoms with E-state index in [9.17, 15) is 9.59 Å². The third-order valence-electron chi connectivity index (χ3n) is 3.94. The van der Waals surface area contributed by atoms with Crippen molar-refractivity contribution in [3.8, 4) is 0 Å². The Labute approximate surface area is 153 Å². The smallest absolute Gasteiger partial charge is 0.209 e. The fourth-order valence-corrected chi connectivity index (χ4v) is 2.51. The van der Waals surface area contributed by atoms with Crippen LogP contribution in [0.15, 0.2) is 96.7 Å². The van der Waals surface area contributed by atoms with E-state index in [1.54, 1.807) is 48.5 Å². The number of rotatable bonds is 6. The molecule has 3 nitrogen and oxygen atoms in total. The third-order valence-corrected chi connectivity index (χ3v) is 3.94. The van der Waals surface area contributed by atoms with Gasteiger partial charge in [-0.1, -0.05) is 78.4 Å². The van der Waals surface area contributed by atoms with Gasteiger partial charge in [0, 0.05) is 22.9 Å². The highest BCUT2D eigenvalue weighted by atomic mass is 16.1. The summed E-state index contributed by atoms with van der Waals surface area (Å²) in [4.78, 5) is 25.5. The first-order chi connectivity index (χ1) is 12.6. The van der Waals surface area contributed by atoms with Gasteiger partial charge >= 0.3 is 0 Å². The fourth-order valence-electron chi connectivity index (χ4n) is 2.51. The molecule has 0 fully saturated rings. The number of nitrogens with one attached hydrogen (secondary N) is 1. The van der Waals surface area contributed by atoms with Crippen molar-refractivity contribution >= 4 is 17.3 Å². The van der Waals surface area contributed by atoms with Crippen LogP contribution in [0.1, 0.15) is 26.3 Å². The van der Waals surface area contributed by atoms with Gasteiger partial charge in [-0.2, -0.15) is 0 Å². The van der Waals surface area contributed by atoms with Crippen LogP contribution in [-0.4, -0.2) is 11.6 Å². The molecule has 128 valence electrons. The van der Waals surface area contributed by atoms with Crippen molar-refractivity contribution in [2.45, 2.75) is 6.92 Å². The maximum Gasteiger partial charge on any atom is 0.209 e. The highest BCUT2D eigenvalue weighted by Gasteiger charge is 2.15. The molecular weight excluding hydrogens is 322 g/mol. The van der Waals surface area contributed by atoms with Crippen LogP contribution in [0.25, 0.3) is 0 Å². The summed E-state index contributed by atoms with van der Waals surface area (Å²) in [6, 6.07) is 25.5. The second-order valence-corrected chi connectivity index (χ2v) is 5.97. The molecule has 0 bridgehead atoms. The molecule has 0 amide bonds. The van der Waals surface area contributed by atoms with Crippen molar-refractivity contribution < 1.29 is 9.59 Å². The van der Waals surface area contributed by atoms with E-state index in [0.29, 0.717) is 11.1 Å².